The summed E-state index contributed by atoms with van der Waals surface area (Å²) in [6, 6.07) is 13.5. The van der Waals surface area contributed by atoms with Crippen LogP contribution in [0.15, 0.2) is 42.5 Å². The second kappa shape index (κ2) is 9.11. The van der Waals surface area contributed by atoms with Gasteiger partial charge in [0.05, 0.1) is 10.2 Å². The van der Waals surface area contributed by atoms with E-state index >= 15 is 0 Å². The van der Waals surface area contributed by atoms with Crippen LogP contribution in [0.4, 0.5) is 5.13 Å². The summed E-state index contributed by atoms with van der Waals surface area (Å²) in [4.78, 5) is 21.8. The number of carbonyl (C=O) groups is 1. The zero-order chi connectivity index (χ0) is 20.2. The number of nitrogens with zero attached hydrogens (tertiary/aromatic N) is 3. The van der Waals surface area contributed by atoms with Crippen LogP contribution in [0.1, 0.15) is 22.8 Å². The van der Waals surface area contributed by atoms with Crippen LogP contribution >= 0.6 is 22.9 Å². The number of hydrogen-bond acceptors (Lipinski definition) is 5. The average molecular weight is 429 g/mol. The first-order valence-corrected chi connectivity index (χ1v) is 11.2. The number of piperazine rings is 1. The lowest BCUT2D eigenvalue weighted by molar-refractivity contribution is 0.0948. The minimum Gasteiger partial charge on any atom is -0.351 e. The number of halogens is 1. The molecule has 29 heavy (non-hydrogen) atoms. The van der Waals surface area contributed by atoms with E-state index in [0.717, 1.165) is 49.8 Å². The van der Waals surface area contributed by atoms with Crippen molar-refractivity contribution in [3.05, 3.63) is 58.6 Å². The average Bonchev–Trinajstić information content (AvgIpc) is 3.18. The van der Waals surface area contributed by atoms with Crippen LogP contribution in [0.5, 0.6) is 0 Å². The minimum atomic E-state index is -0.0544. The Morgan fingerprint density at radius 1 is 1.14 bits per heavy atom. The molecule has 1 saturated heterocycles. The highest BCUT2D eigenvalue weighted by Gasteiger charge is 2.20. The molecule has 1 amide bonds. The number of nitrogens with one attached hydrogen (secondary N) is 1. The number of amides is 1. The maximum absolute atomic E-state index is 12.2. The van der Waals surface area contributed by atoms with Gasteiger partial charge in [0.1, 0.15) is 0 Å². The summed E-state index contributed by atoms with van der Waals surface area (Å²) in [6.45, 7) is 7.56. The number of aromatic nitrogens is 1. The maximum Gasteiger partial charge on any atom is 0.251 e. The SMILES string of the molecule is CCc1ccc2nc(N3CCN(CCNC(=O)c4ccc(Cl)cc4)CC3)sc2c1. The molecular formula is C22H25ClN4OS. The molecule has 1 aromatic heterocycles. The molecule has 0 spiro atoms. The molecular weight excluding hydrogens is 404 g/mol. The fraction of sp³-hybridized carbons (Fsp3) is 0.364. The molecule has 3 aromatic rings. The van der Waals surface area contributed by atoms with Gasteiger partial charge in [-0.3, -0.25) is 9.69 Å². The normalized spacial score (nSPS) is 15.0. The van der Waals surface area contributed by atoms with Crippen molar-refractivity contribution in [2.24, 2.45) is 0 Å². The Balaban J connectivity index is 1.25. The summed E-state index contributed by atoms with van der Waals surface area (Å²) < 4.78 is 1.27. The van der Waals surface area contributed by atoms with E-state index in [4.69, 9.17) is 16.6 Å². The highest BCUT2D eigenvalue weighted by atomic mass is 35.5. The highest BCUT2D eigenvalue weighted by molar-refractivity contribution is 7.22. The predicted octanol–water partition coefficient (Wildman–Crippen LogP) is 4.06. The molecule has 1 fully saturated rings. The van der Waals surface area contributed by atoms with Crippen LogP contribution in [0.25, 0.3) is 10.2 Å². The molecule has 4 rings (SSSR count). The van der Waals surface area contributed by atoms with Gasteiger partial charge < -0.3 is 10.2 Å². The van der Waals surface area contributed by atoms with E-state index in [0.29, 0.717) is 17.1 Å². The first kappa shape index (κ1) is 20.1. The largest absolute Gasteiger partial charge is 0.351 e. The van der Waals surface area contributed by atoms with Gasteiger partial charge in [0.15, 0.2) is 5.13 Å². The number of thiazole rings is 1. The van der Waals surface area contributed by atoms with Crippen molar-refractivity contribution in [3.63, 3.8) is 0 Å². The van der Waals surface area contributed by atoms with Crippen molar-refractivity contribution in [2.45, 2.75) is 13.3 Å². The molecule has 1 aliphatic rings. The highest BCUT2D eigenvalue weighted by Crippen LogP contribution is 2.30. The summed E-state index contributed by atoms with van der Waals surface area (Å²) in [5, 5.41) is 4.74. The molecule has 0 saturated carbocycles. The lowest BCUT2D eigenvalue weighted by atomic mass is 10.2. The molecule has 0 atom stereocenters. The number of rotatable bonds is 6. The molecule has 0 unspecified atom stereocenters. The van der Waals surface area contributed by atoms with E-state index in [2.05, 4.69) is 40.2 Å². The molecule has 0 aliphatic carbocycles. The molecule has 152 valence electrons. The fourth-order valence-corrected chi connectivity index (χ4v) is 4.71. The number of fused-ring (bicyclic) bond motifs is 1. The molecule has 7 heteroatoms. The van der Waals surface area contributed by atoms with Crippen molar-refractivity contribution in [1.29, 1.82) is 0 Å². The van der Waals surface area contributed by atoms with E-state index < -0.39 is 0 Å². The molecule has 1 N–H and O–H groups in total. The maximum atomic E-state index is 12.2. The third-order valence-corrected chi connectivity index (χ3v) is 6.64. The standard InChI is InChI=1S/C22H25ClN4OS/c1-2-16-3-8-19-20(15-16)29-22(25-19)27-13-11-26(12-14-27)10-9-24-21(28)17-4-6-18(23)7-5-17/h3-8,15H,2,9-14H2,1H3,(H,24,28). The van der Waals surface area contributed by atoms with E-state index in [-0.39, 0.29) is 5.91 Å². The summed E-state index contributed by atoms with van der Waals surface area (Å²) in [7, 11) is 0. The third-order valence-electron chi connectivity index (χ3n) is 5.31. The van der Waals surface area contributed by atoms with E-state index in [1.807, 2.05) is 0 Å². The van der Waals surface area contributed by atoms with Gasteiger partial charge in [-0.25, -0.2) is 4.98 Å². The molecule has 0 bridgehead atoms. The second-order valence-electron chi connectivity index (χ2n) is 7.24. The number of hydrogen-bond donors (Lipinski definition) is 1. The first-order chi connectivity index (χ1) is 14.1. The number of anilines is 1. The van der Waals surface area contributed by atoms with Gasteiger partial charge in [-0.2, -0.15) is 0 Å². The fourth-order valence-electron chi connectivity index (χ4n) is 3.51. The second-order valence-corrected chi connectivity index (χ2v) is 8.69. The van der Waals surface area contributed by atoms with Crippen molar-refractivity contribution in [2.75, 3.05) is 44.2 Å². The number of carbonyl (C=O) groups excluding carboxylic acids is 1. The Morgan fingerprint density at radius 2 is 1.90 bits per heavy atom. The molecule has 5 nitrogen and oxygen atoms in total. The Morgan fingerprint density at radius 3 is 2.62 bits per heavy atom. The van der Waals surface area contributed by atoms with Crippen molar-refractivity contribution < 1.29 is 4.79 Å². The van der Waals surface area contributed by atoms with Gasteiger partial charge in [-0.15, -0.1) is 0 Å². The van der Waals surface area contributed by atoms with Crippen molar-refractivity contribution in [1.82, 2.24) is 15.2 Å². The van der Waals surface area contributed by atoms with Gasteiger partial charge in [0.2, 0.25) is 0 Å². The van der Waals surface area contributed by atoms with Crippen LogP contribution in [0.2, 0.25) is 5.02 Å². The van der Waals surface area contributed by atoms with E-state index in [1.54, 1.807) is 35.6 Å². The summed E-state index contributed by atoms with van der Waals surface area (Å²) in [6.07, 6.45) is 1.05. The van der Waals surface area contributed by atoms with E-state index in [1.165, 1.54) is 10.3 Å². The monoisotopic (exact) mass is 428 g/mol. The number of benzene rings is 2. The first-order valence-electron chi connectivity index (χ1n) is 10.0. The zero-order valence-electron chi connectivity index (χ0n) is 16.5. The Bertz CT molecular complexity index is 980. The van der Waals surface area contributed by atoms with Gasteiger partial charge in [-0.1, -0.05) is 35.9 Å². The van der Waals surface area contributed by atoms with Crippen LogP contribution in [0.3, 0.4) is 0 Å². The van der Waals surface area contributed by atoms with Crippen molar-refractivity contribution >= 4 is 44.2 Å². The van der Waals surface area contributed by atoms with Crippen LogP contribution < -0.4 is 10.2 Å². The topological polar surface area (TPSA) is 48.5 Å². The summed E-state index contributed by atoms with van der Waals surface area (Å²) in [5.41, 5.74) is 3.09. The smallest absolute Gasteiger partial charge is 0.251 e. The lowest BCUT2D eigenvalue weighted by Gasteiger charge is -2.34. The van der Waals surface area contributed by atoms with E-state index in [9.17, 15) is 4.79 Å². The quantitative estimate of drug-likeness (QED) is 0.643. The van der Waals surface area contributed by atoms with Crippen LogP contribution in [-0.4, -0.2) is 55.1 Å². The Hall–Kier alpha value is -2.15. The van der Waals surface area contributed by atoms with Gasteiger partial charge >= 0.3 is 0 Å². The molecule has 2 heterocycles. The Labute approximate surface area is 180 Å². The van der Waals surface area contributed by atoms with Crippen LogP contribution in [-0.2, 0) is 6.42 Å². The number of aryl methyl sites for hydroxylation is 1. The summed E-state index contributed by atoms with van der Waals surface area (Å²) >= 11 is 7.65. The summed E-state index contributed by atoms with van der Waals surface area (Å²) in [5.74, 6) is -0.0544. The zero-order valence-corrected chi connectivity index (χ0v) is 18.1. The van der Waals surface area contributed by atoms with Gasteiger partial charge in [0, 0.05) is 49.9 Å². The van der Waals surface area contributed by atoms with Crippen LogP contribution in [0, 0.1) is 0 Å². The molecule has 1 aliphatic heterocycles. The van der Waals surface area contributed by atoms with Crippen molar-refractivity contribution in [3.8, 4) is 0 Å². The van der Waals surface area contributed by atoms with Gasteiger partial charge in [-0.05, 0) is 48.4 Å². The van der Waals surface area contributed by atoms with Gasteiger partial charge in [0.25, 0.3) is 5.91 Å². The third kappa shape index (κ3) is 4.89. The predicted molar refractivity (Wildman–Crippen MR) is 121 cm³/mol. The Kier molecular flexibility index (Phi) is 6.33. The molecule has 2 aromatic carbocycles. The molecule has 0 radical (unpaired) electrons. The minimum absolute atomic E-state index is 0.0544. The lowest BCUT2D eigenvalue weighted by Crippen LogP contribution is -2.48.